The number of rotatable bonds is 4. The maximum absolute atomic E-state index is 12.7. The number of carbonyl (C=O) groups excluding carboxylic acids is 1. The van der Waals surface area contributed by atoms with Crippen LogP contribution in [0, 0.1) is 6.92 Å². The minimum Gasteiger partial charge on any atom is -0.507 e. The molecule has 136 valence electrons. The SMILES string of the molecule is Cc1ccc(C(O)=C2C(=O)CN(CC(C)O)C2c2ccc(Cl)cc2)cc1. The van der Waals surface area contributed by atoms with Crippen LogP contribution in [0.1, 0.15) is 29.7 Å². The Morgan fingerprint density at radius 1 is 1.19 bits per heavy atom. The number of nitrogens with zero attached hydrogens (tertiary/aromatic N) is 1. The lowest BCUT2D eigenvalue weighted by molar-refractivity contribution is -0.114. The number of aryl methyl sites for hydroxylation is 1. The Balaban J connectivity index is 2.10. The summed E-state index contributed by atoms with van der Waals surface area (Å²) in [4.78, 5) is 14.6. The Labute approximate surface area is 158 Å². The molecule has 0 amide bonds. The molecule has 1 aliphatic heterocycles. The molecule has 2 aromatic rings. The van der Waals surface area contributed by atoms with Crippen LogP contribution in [0.25, 0.3) is 5.76 Å². The molecule has 4 nitrogen and oxygen atoms in total. The zero-order chi connectivity index (χ0) is 18.8. The van der Waals surface area contributed by atoms with Gasteiger partial charge in [0.1, 0.15) is 5.76 Å². The first-order valence-electron chi connectivity index (χ1n) is 8.57. The minimum absolute atomic E-state index is 0.0111. The number of aliphatic hydroxyl groups is 2. The highest BCUT2D eigenvalue weighted by Crippen LogP contribution is 2.39. The van der Waals surface area contributed by atoms with Crippen molar-refractivity contribution in [2.24, 2.45) is 0 Å². The Hall–Kier alpha value is -2.14. The minimum atomic E-state index is -0.585. The molecule has 0 spiro atoms. The van der Waals surface area contributed by atoms with Crippen LogP contribution in [0.5, 0.6) is 0 Å². The number of halogens is 1. The summed E-state index contributed by atoms with van der Waals surface area (Å²) in [7, 11) is 0. The molecule has 1 heterocycles. The van der Waals surface area contributed by atoms with E-state index >= 15 is 0 Å². The number of hydrogen-bond acceptors (Lipinski definition) is 4. The molecule has 1 fully saturated rings. The lowest BCUT2D eigenvalue weighted by atomic mass is 9.95. The average Bonchev–Trinajstić information content (AvgIpc) is 2.91. The van der Waals surface area contributed by atoms with Gasteiger partial charge in [-0.2, -0.15) is 0 Å². The number of benzene rings is 2. The van der Waals surface area contributed by atoms with E-state index in [0.717, 1.165) is 11.1 Å². The van der Waals surface area contributed by atoms with Crippen molar-refractivity contribution in [2.75, 3.05) is 13.1 Å². The molecule has 5 heteroatoms. The van der Waals surface area contributed by atoms with E-state index in [4.69, 9.17) is 11.6 Å². The van der Waals surface area contributed by atoms with E-state index in [9.17, 15) is 15.0 Å². The van der Waals surface area contributed by atoms with Crippen LogP contribution in [0.15, 0.2) is 54.1 Å². The van der Waals surface area contributed by atoms with E-state index < -0.39 is 12.1 Å². The summed E-state index contributed by atoms with van der Waals surface area (Å²) in [5, 5.41) is 21.3. The number of hydrogen-bond donors (Lipinski definition) is 2. The van der Waals surface area contributed by atoms with Crippen molar-refractivity contribution in [3.8, 4) is 0 Å². The van der Waals surface area contributed by atoms with Gasteiger partial charge in [0.15, 0.2) is 5.78 Å². The second-order valence-corrected chi connectivity index (χ2v) is 7.22. The van der Waals surface area contributed by atoms with Gasteiger partial charge in [-0.25, -0.2) is 0 Å². The highest BCUT2D eigenvalue weighted by Gasteiger charge is 2.39. The van der Waals surface area contributed by atoms with Crippen LogP contribution in [-0.4, -0.2) is 40.1 Å². The first-order chi connectivity index (χ1) is 12.4. The number of carbonyl (C=O) groups is 1. The smallest absolute Gasteiger partial charge is 0.178 e. The van der Waals surface area contributed by atoms with Crippen LogP contribution >= 0.6 is 11.6 Å². The molecule has 0 bridgehead atoms. The highest BCUT2D eigenvalue weighted by atomic mass is 35.5. The first-order valence-corrected chi connectivity index (χ1v) is 8.95. The van der Waals surface area contributed by atoms with E-state index in [1.54, 1.807) is 31.2 Å². The molecule has 26 heavy (non-hydrogen) atoms. The van der Waals surface area contributed by atoms with Crippen molar-refractivity contribution in [1.82, 2.24) is 4.90 Å². The van der Waals surface area contributed by atoms with Gasteiger partial charge in [0.05, 0.1) is 24.3 Å². The van der Waals surface area contributed by atoms with Crippen molar-refractivity contribution >= 4 is 23.1 Å². The summed E-state index contributed by atoms with van der Waals surface area (Å²) in [5.74, 6) is -0.147. The van der Waals surface area contributed by atoms with Gasteiger partial charge in [0.25, 0.3) is 0 Å². The summed E-state index contributed by atoms with van der Waals surface area (Å²) in [6.45, 7) is 4.15. The molecular formula is C21H22ClNO3. The van der Waals surface area contributed by atoms with Crippen molar-refractivity contribution in [2.45, 2.75) is 26.0 Å². The van der Waals surface area contributed by atoms with Gasteiger partial charge >= 0.3 is 0 Å². The average molecular weight is 372 g/mol. The molecule has 0 saturated carbocycles. The monoisotopic (exact) mass is 371 g/mol. The maximum atomic E-state index is 12.7. The van der Waals surface area contributed by atoms with Gasteiger partial charge in [-0.1, -0.05) is 53.6 Å². The van der Waals surface area contributed by atoms with Gasteiger partial charge in [-0.15, -0.1) is 0 Å². The molecule has 2 N–H and O–H groups in total. The Kier molecular flexibility index (Phi) is 5.47. The molecule has 0 aromatic heterocycles. The second kappa shape index (κ2) is 7.62. The molecule has 3 rings (SSSR count). The van der Waals surface area contributed by atoms with Crippen LogP contribution < -0.4 is 0 Å². The van der Waals surface area contributed by atoms with Gasteiger partial charge < -0.3 is 10.2 Å². The number of aliphatic hydroxyl groups excluding tert-OH is 2. The van der Waals surface area contributed by atoms with Crippen molar-refractivity contribution in [3.63, 3.8) is 0 Å². The molecule has 0 aliphatic carbocycles. The van der Waals surface area contributed by atoms with Crippen LogP contribution in [0.4, 0.5) is 0 Å². The zero-order valence-corrected chi connectivity index (χ0v) is 15.6. The Morgan fingerprint density at radius 2 is 1.81 bits per heavy atom. The number of β-amino-alcohol motifs (C(OH)–C–C–N with tert-alkyl or cyclic N) is 1. The second-order valence-electron chi connectivity index (χ2n) is 6.78. The van der Waals surface area contributed by atoms with Crippen LogP contribution in [-0.2, 0) is 4.79 Å². The van der Waals surface area contributed by atoms with Crippen molar-refractivity contribution in [1.29, 1.82) is 0 Å². The standard InChI is InChI=1S/C21H22ClNO3/c1-13-3-5-16(6-4-13)21(26)19-18(25)12-23(11-14(2)24)20(19)15-7-9-17(22)10-8-15/h3-10,14,20,24,26H,11-12H2,1-2H3. The maximum Gasteiger partial charge on any atom is 0.178 e. The summed E-state index contributed by atoms with van der Waals surface area (Å²) in [6.07, 6.45) is -0.585. The van der Waals surface area contributed by atoms with E-state index in [2.05, 4.69) is 0 Å². The van der Waals surface area contributed by atoms with E-state index in [-0.39, 0.29) is 18.1 Å². The van der Waals surface area contributed by atoms with Crippen LogP contribution in [0.2, 0.25) is 5.02 Å². The van der Waals surface area contributed by atoms with E-state index in [1.807, 2.05) is 36.1 Å². The van der Waals surface area contributed by atoms with Crippen molar-refractivity contribution < 1.29 is 15.0 Å². The molecule has 0 radical (unpaired) electrons. The fourth-order valence-electron chi connectivity index (χ4n) is 3.36. The van der Waals surface area contributed by atoms with E-state index in [0.29, 0.717) is 22.7 Å². The number of Topliss-reactive ketones (excluding diaryl/α,β-unsaturated/α-hetero) is 1. The Morgan fingerprint density at radius 3 is 2.38 bits per heavy atom. The summed E-state index contributed by atoms with van der Waals surface area (Å²) in [5.41, 5.74) is 2.90. The molecule has 2 aromatic carbocycles. The largest absolute Gasteiger partial charge is 0.507 e. The lowest BCUT2D eigenvalue weighted by Gasteiger charge is -2.26. The highest BCUT2D eigenvalue weighted by molar-refractivity contribution is 6.30. The lowest BCUT2D eigenvalue weighted by Crippen LogP contribution is -2.31. The Bertz CT molecular complexity index is 825. The zero-order valence-electron chi connectivity index (χ0n) is 14.8. The van der Waals surface area contributed by atoms with Crippen LogP contribution in [0.3, 0.4) is 0 Å². The summed E-state index contributed by atoms with van der Waals surface area (Å²) < 4.78 is 0. The number of ketones is 1. The molecule has 2 unspecified atom stereocenters. The third-order valence-corrected chi connectivity index (χ3v) is 4.80. The fraction of sp³-hybridized carbons (Fsp3) is 0.286. The van der Waals surface area contributed by atoms with Crippen molar-refractivity contribution in [3.05, 3.63) is 75.8 Å². The van der Waals surface area contributed by atoms with Gasteiger partial charge in [-0.3, -0.25) is 9.69 Å². The first kappa shape index (κ1) is 18.6. The molecule has 2 atom stereocenters. The third kappa shape index (κ3) is 3.83. The van der Waals surface area contributed by atoms with E-state index in [1.165, 1.54) is 0 Å². The predicted octanol–water partition coefficient (Wildman–Crippen LogP) is 3.92. The summed E-state index contributed by atoms with van der Waals surface area (Å²) in [6, 6.07) is 14.2. The third-order valence-electron chi connectivity index (χ3n) is 4.55. The van der Waals surface area contributed by atoms with Gasteiger partial charge in [0, 0.05) is 17.1 Å². The normalized spacial score (nSPS) is 21.1. The van der Waals surface area contributed by atoms with Gasteiger partial charge in [0.2, 0.25) is 0 Å². The van der Waals surface area contributed by atoms with Gasteiger partial charge in [-0.05, 0) is 31.5 Å². The quantitative estimate of drug-likeness (QED) is 0.631. The summed E-state index contributed by atoms with van der Waals surface area (Å²) >= 11 is 6.00. The molecule has 1 aliphatic rings. The fourth-order valence-corrected chi connectivity index (χ4v) is 3.48. The topological polar surface area (TPSA) is 60.8 Å². The predicted molar refractivity (Wildman–Crippen MR) is 103 cm³/mol. The molecule has 1 saturated heterocycles. The molecular weight excluding hydrogens is 350 g/mol. The number of likely N-dealkylation sites (tertiary alicyclic amines) is 1.